The van der Waals surface area contributed by atoms with Gasteiger partial charge in [0.2, 0.25) is 11.8 Å². The van der Waals surface area contributed by atoms with Crippen molar-refractivity contribution in [2.24, 2.45) is 5.92 Å². The zero-order valence-corrected chi connectivity index (χ0v) is 15.2. The number of piperidine rings is 1. The molecule has 2 amide bonds. The molecule has 1 atom stereocenters. The number of methoxy groups -OCH3 is 1. The second-order valence-electron chi connectivity index (χ2n) is 6.70. The number of nitrogens with zero attached hydrogens (tertiary/aromatic N) is 2. The third-order valence-electron chi connectivity index (χ3n) is 5.24. The molecule has 6 nitrogen and oxygen atoms in total. The molecule has 0 bridgehead atoms. The Morgan fingerprint density at radius 2 is 1.88 bits per heavy atom. The zero-order chi connectivity index (χ0) is 18.5. The number of likely N-dealkylation sites (tertiary alicyclic amines) is 1. The second kappa shape index (κ2) is 8.36. The standard InChI is InChI=1S/C20H26N2O4/c1-3-19(23)21-10-8-16(9-11-21)20(24)22-12-13-26-14-18(22)15-4-6-17(25-2)7-5-15/h3-7,16,18H,1,8-14H2,2H3. The van der Waals surface area contributed by atoms with E-state index in [1.165, 1.54) is 6.08 Å². The highest BCUT2D eigenvalue weighted by molar-refractivity contribution is 5.87. The van der Waals surface area contributed by atoms with E-state index < -0.39 is 0 Å². The Hall–Kier alpha value is -2.34. The van der Waals surface area contributed by atoms with Crippen molar-refractivity contribution in [2.45, 2.75) is 18.9 Å². The van der Waals surface area contributed by atoms with Gasteiger partial charge >= 0.3 is 0 Å². The smallest absolute Gasteiger partial charge is 0.245 e. The van der Waals surface area contributed by atoms with Crippen LogP contribution in [0.25, 0.3) is 0 Å². The summed E-state index contributed by atoms with van der Waals surface area (Å²) in [5.41, 5.74) is 1.05. The van der Waals surface area contributed by atoms with Crippen LogP contribution in [-0.2, 0) is 14.3 Å². The first-order valence-electron chi connectivity index (χ1n) is 9.07. The lowest BCUT2D eigenvalue weighted by molar-refractivity contribution is -0.147. The van der Waals surface area contributed by atoms with E-state index in [-0.39, 0.29) is 23.8 Å². The van der Waals surface area contributed by atoms with E-state index in [1.54, 1.807) is 12.0 Å². The number of ether oxygens (including phenoxy) is 2. The summed E-state index contributed by atoms with van der Waals surface area (Å²) in [7, 11) is 1.64. The molecule has 2 heterocycles. The van der Waals surface area contributed by atoms with Gasteiger partial charge in [0.1, 0.15) is 5.75 Å². The minimum atomic E-state index is -0.0741. The lowest BCUT2D eigenvalue weighted by Crippen LogP contribution is -2.48. The molecule has 1 unspecified atom stereocenters. The normalized spacial score (nSPS) is 21.3. The van der Waals surface area contributed by atoms with Crippen molar-refractivity contribution in [3.05, 3.63) is 42.5 Å². The molecule has 0 radical (unpaired) electrons. The minimum absolute atomic E-state index is 0.0392. The highest BCUT2D eigenvalue weighted by Gasteiger charge is 2.35. The number of morpholine rings is 1. The van der Waals surface area contributed by atoms with Gasteiger partial charge in [0.25, 0.3) is 0 Å². The highest BCUT2D eigenvalue weighted by Crippen LogP contribution is 2.29. The van der Waals surface area contributed by atoms with Crippen LogP contribution in [-0.4, -0.2) is 61.6 Å². The molecular weight excluding hydrogens is 332 g/mol. The van der Waals surface area contributed by atoms with E-state index in [4.69, 9.17) is 9.47 Å². The first kappa shape index (κ1) is 18.5. The summed E-state index contributed by atoms with van der Waals surface area (Å²) in [6.45, 7) is 6.42. The van der Waals surface area contributed by atoms with Crippen molar-refractivity contribution in [3.63, 3.8) is 0 Å². The van der Waals surface area contributed by atoms with Crippen LogP contribution in [0.2, 0.25) is 0 Å². The van der Waals surface area contributed by atoms with Gasteiger partial charge in [-0.1, -0.05) is 18.7 Å². The molecule has 2 fully saturated rings. The Morgan fingerprint density at radius 1 is 1.19 bits per heavy atom. The largest absolute Gasteiger partial charge is 0.497 e. The topological polar surface area (TPSA) is 59.1 Å². The molecule has 3 rings (SSSR count). The molecule has 1 aromatic rings. The first-order valence-corrected chi connectivity index (χ1v) is 9.07. The average Bonchev–Trinajstić information content (AvgIpc) is 2.73. The van der Waals surface area contributed by atoms with Crippen molar-refractivity contribution in [3.8, 4) is 5.75 Å². The van der Waals surface area contributed by atoms with Gasteiger partial charge in [-0.25, -0.2) is 0 Å². The molecule has 2 saturated heterocycles. The van der Waals surface area contributed by atoms with E-state index in [0.29, 0.717) is 45.7 Å². The summed E-state index contributed by atoms with van der Waals surface area (Å²) in [6, 6.07) is 7.72. The molecule has 0 N–H and O–H groups in total. The van der Waals surface area contributed by atoms with E-state index in [1.807, 2.05) is 29.2 Å². The van der Waals surface area contributed by atoms with E-state index in [9.17, 15) is 9.59 Å². The van der Waals surface area contributed by atoms with Crippen molar-refractivity contribution in [2.75, 3.05) is 40.0 Å². The van der Waals surface area contributed by atoms with Gasteiger partial charge in [-0.15, -0.1) is 0 Å². The van der Waals surface area contributed by atoms with Crippen molar-refractivity contribution >= 4 is 11.8 Å². The van der Waals surface area contributed by atoms with Gasteiger partial charge in [-0.05, 0) is 36.6 Å². The quantitative estimate of drug-likeness (QED) is 0.773. The van der Waals surface area contributed by atoms with Gasteiger partial charge in [-0.3, -0.25) is 9.59 Å². The third-order valence-corrected chi connectivity index (χ3v) is 5.24. The van der Waals surface area contributed by atoms with Crippen molar-refractivity contribution in [1.29, 1.82) is 0 Å². The van der Waals surface area contributed by atoms with Crippen LogP contribution in [0.5, 0.6) is 5.75 Å². The maximum atomic E-state index is 13.1. The van der Waals surface area contributed by atoms with E-state index in [2.05, 4.69) is 6.58 Å². The number of carbonyl (C=O) groups is 2. The van der Waals surface area contributed by atoms with Crippen molar-refractivity contribution < 1.29 is 19.1 Å². The molecule has 2 aliphatic rings. The molecular formula is C20H26N2O4. The fraction of sp³-hybridized carbons (Fsp3) is 0.500. The summed E-state index contributed by atoms with van der Waals surface area (Å²) in [6.07, 6.45) is 2.74. The van der Waals surface area contributed by atoms with Crippen LogP contribution in [0, 0.1) is 5.92 Å². The average molecular weight is 358 g/mol. The number of benzene rings is 1. The van der Waals surface area contributed by atoms with Crippen LogP contribution < -0.4 is 4.74 Å². The first-order chi connectivity index (χ1) is 12.6. The minimum Gasteiger partial charge on any atom is -0.497 e. The van der Waals surface area contributed by atoms with Gasteiger partial charge in [0.15, 0.2) is 0 Å². The van der Waals surface area contributed by atoms with E-state index >= 15 is 0 Å². The molecule has 2 aliphatic heterocycles. The number of hydrogen-bond acceptors (Lipinski definition) is 4. The maximum Gasteiger partial charge on any atom is 0.245 e. The molecule has 1 aromatic carbocycles. The predicted octanol–water partition coefficient (Wildman–Crippen LogP) is 2.02. The van der Waals surface area contributed by atoms with Crippen LogP contribution in [0.15, 0.2) is 36.9 Å². The number of carbonyl (C=O) groups excluding carboxylic acids is 2. The molecule has 0 saturated carbocycles. The van der Waals surface area contributed by atoms with Gasteiger partial charge in [-0.2, -0.15) is 0 Å². The summed E-state index contributed by atoms with van der Waals surface area (Å²) < 4.78 is 10.8. The number of hydrogen-bond donors (Lipinski definition) is 0. The molecule has 0 spiro atoms. The summed E-state index contributed by atoms with van der Waals surface area (Å²) in [5.74, 6) is 0.864. The van der Waals surface area contributed by atoms with Gasteiger partial charge < -0.3 is 19.3 Å². The SMILES string of the molecule is C=CC(=O)N1CCC(C(=O)N2CCOCC2c2ccc(OC)cc2)CC1. The lowest BCUT2D eigenvalue weighted by atomic mass is 9.93. The van der Waals surface area contributed by atoms with Crippen molar-refractivity contribution in [1.82, 2.24) is 9.80 Å². The summed E-state index contributed by atoms with van der Waals surface area (Å²) >= 11 is 0. The molecule has 140 valence electrons. The fourth-order valence-electron chi connectivity index (χ4n) is 3.68. The Kier molecular flexibility index (Phi) is 5.93. The molecule has 0 aromatic heterocycles. The molecule has 6 heteroatoms. The zero-order valence-electron chi connectivity index (χ0n) is 15.2. The van der Waals surface area contributed by atoms with Crippen LogP contribution >= 0.6 is 0 Å². The Labute approximate surface area is 154 Å². The Bertz CT molecular complexity index is 650. The summed E-state index contributed by atoms with van der Waals surface area (Å²) in [5, 5.41) is 0. The van der Waals surface area contributed by atoms with Crippen LogP contribution in [0.3, 0.4) is 0 Å². The van der Waals surface area contributed by atoms with Gasteiger partial charge in [0.05, 0.1) is 26.4 Å². The van der Waals surface area contributed by atoms with E-state index in [0.717, 1.165) is 11.3 Å². The van der Waals surface area contributed by atoms with Gasteiger partial charge in [0, 0.05) is 25.6 Å². The number of amides is 2. The second-order valence-corrected chi connectivity index (χ2v) is 6.70. The molecule has 26 heavy (non-hydrogen) atoms. The predicted molar refractivity (Wildman–Crippen MR) is 97.8 cm³/mol. The highest BCUT2D eigenvalue weighted by atomic mass is 16.5. The monoisotopic (exact) mass is 358 g/mol. The maximum absolute atomic E-state index is 13.1. The lowest BCUT2D eigenvalue weighted by Gasteiger charge is -2.40. The third kappa shape index (κ3) is 3.90. The van der Waals surface area contributed by atoms with Crippen LogP contribution in [0.1, 0.15) is 24.4 Å². The Balaban J connectivity index is 1.68. The molecule has 0 aliphatic carbocycles. The summed E-state index contributed by atoms with van der Waals surface area (Å²) in [4.78, 5) is 28.6. The Morgan fingerprint density at radius 3 is 2.50 bits per heavy atom. The number of rotatable bonds is 4. The van der Waals surface area contributed by atoms with Crippen LogP contribution in [0.4, 0.5) is 0 Å². The fourth-order valence-corrected chi connectivity index (χ4v) is 3.68.